The number of carbonyl (C=O) groups is 1. The monoisotopic (exact) mass is 403 g/mol. The fourth-order valence-electron chi connectivity index (χ4n) is 2.83. The van der Waals surface area contributed by atoms with E-state index in [0.29, 0.717) is 18.1 Å². The molecule has 9 heteroatoms. The Labute approximate surface area is 159 Å². The number of carbonyl (C=O) groups excluding carboxylic acids is 1. The number of nitrogens with zero attached hydrogens (tertiary/aromatic N) is 1. The minimum absolute atomic E-state index is 0.0676. The lowest BCUT2D eigenvalue weighted by Crippen LogP contribution is -2.55. The molecule has 1 aromatic rings. The first-order chi connectivity index (χ1) is 12.2. The van der Waals surface area contributed by atoms with Crippen LogP contribution in [0.25, 0.3) is 0 Å². The van der Waals surface area contributed by atoms with Crippen LogP contribution in [0.2, 0.25) is 0 Å². The molecule has 0 amide bonds. The third kappa shape index (κ3) is 4.51. The molecule has 1 aliphatic heterocycles. The molecule has 0 aromatic heterocycles. The van der Waals surface area contributed by atoms with Gasteiger partial charge in [-0.25, -0.2) is 8.42 Å². The highest BCUT2D eigenvalue weighted by Gasteiger charge is 2.46. The number of methoxy groups -OCH3 is 2. The maximum atomic E-state index is 13.3. The Bertz CT molecular complexity index is 717. The average molecular weight is 404 g/mol. The molecule has 0 saturated carbocycles. The number of benzene rings is 1. The lowest BCUT2D eigenvalue weighted by molar-refractivity contribution is -0.146. The van der Waals surface area contributed by atoms with Crippen molar-refractivity contribution in [1.82, 2.24) is 4.31 Å². The molecule has 7 nitrogen and oxygen atoms in total. The van der Waals surface area contributed by atoms with Gasteiger partial charge in [0.2, 0.25) is 10.0 Å². The summed E-state index contributed by atoms with van der Waals surface area (Å²) >= 11 is 1.49. The van der Waals surface area contributed by atoms with Crippen LogP contribution in [0, 0.1) is 0 Å². The number of hydrogen-bond donors (Lipinski definition) is 0. The fourth-order valence-corrected chi connectivity index (χ4v) is 5.70. The van der Waals surface area contributed by atoms with Gasteiger partial charge in [-0.2, -0.15) is 16.1 Å². The number of sulfonamides is 1. The topological polar surface area (TPSA) is 82.1 Å². The van der Waals surface area contributed by atoms with Gasteiger partial charge in [-0.1, -0.05) is 0 Å². The van der Waals surface area contributed by atoms with E-state index in [2.05, 4.69) is 0 Å². The molecule has 1 aromatic carbocycles. The number of thioether (sulfide) groups is 1. The van der Waals surface area contributed by atoms with Gasteiger partial charge in [0, 0.05) is 17.0 Å². The number of rotatable bonds is 4. The Morgan fingerprint density at radius 1 is 1.23 bits per heavy atom. The smallest absolute Gasteiger partial charge is 0.325 e. The SMILES string of the molecule is COC(=O)[C@@H]1N(S(=O)(=O)c2ccc(OC)cc2)CCOCCSC1(C)C. The maximum absolute atomic E-state index is 13.3. The van der Waals surface area contributed by atoms with E-state index in [0.717, 1.165) is 0 Å². The van der Waals surface area contributed by atoms with Crippen molar-refractivity contribution in [3.05, 3.63) is 24.3 Å². The molecular formula is C17H25NO6S2. The summed E-state index contributed by atoms with van der Waals surface area (Å²) in [7, 11) is -1.16. The van der Waals surface area contributed by atoms with Crippen molar-refractivity contribution in [1.29, 1.82) is 0 Å². The summed E-state index contributed by atoms with van der Waals surface area (Å²) in [5.74, 6) is 0.635. The first kappa shape index (κ1) is 21.0. The van der Waals surface area contributed by atoms with Gasteiger partial charge in [-0.3, -0.25) is 4.79 Å². The van der Waals surface area contributed by atoms with Crippen molar-refractivity contribution in [2.24, 2.45) is 0 Å². The van der Waals surface area contributed by atoms with Crippen LogP contribution >= 0.6 is 11.8 Å². The lowest BCUT2D eigenvalue weighted by Gasteiger charge is -2.38. The summed E-state index contributed by atoms with van der Waals surface area (Å²) in [5, 5.41) is 0. The Morgan fingerprint density at radius 2 is 1.88 bits per heavy atom. The zero-order valence-electron chi connectivity index (χ0n) is 15.4. The van der Waals surface area contributed by atoms with Crippen molar-refractivity contribution >= 4 is 27.8 Å². The van der Waals surface area contributed by atoms with Crippen LogP contribution in [-0.4, -0.2) is 69.2 Å². The van der Waals surface area contributed by atoms with Crippen LogP contribution in [-0.2, 0) is 24.3 Å². The van der Waals surface area contributed by atoms with Crippen LogP contribution < -0.4 is 4.74 Å². The van der Waals surface area contributed by atoms with Crippen molar-refractivity contribution in [3.63, 3.8) is 0 Å². The van der Waals surface area contributed by atoms with Gasteiger partial charge in [-0.05, 0) is 38.1 Å². The number of hydrogen-bond acceptors (Lipinski definition) is 7. The van der Waals surface area contributed by atoms with Gasteiger partial charge in [0.25, 0.3) is 0 Å². The first-order valence-corrected chi connectivity index (χ1v) is 10.6. The van der Waals surface area contributed by atoms with E-state index in [-0.39, 0.29) is 18.0 Å². The molecule has 1 fully saturated rings. The molecule has 0 bridgehead atoms. The molecular weight excluding hydrogens is 378 g/mol. The predicted molar refractivity (Wildman–Crippen MR) is 100 cm³/mol. The van der Waals surface area contributed by atoms with E-state index in [1.54, 1.807) is 12.1 Å². The molecule has 2 rings (SSSR count). The van der Waals surface area contributed by atoms with E-state index < -0.39 is 26.8 Å². The summed E-state index contributed by atoms with van der Waals surface area (Å²) < 4.78 is 42.6. The fraction of sp³-hybridized carbons (Fsp3) is 0.588. The summed E-state index contributed by atoms with van der Waals surface area (Å²) in [5.41, 5.74) is 0. The number of esters is 1. The largest absolute Gasteiger partial charge is 0.497 e. The summed E-state index contributed by atoms with van der Waals surface area (Å²) in [4.78, 5) is 12.6. The summed E-state index contributed by atoms with van der Waals surface area (Å²) in [6, 6.07) is 5.12. The molecule has 1 heterocycles. The molecule has 0 radical (unpaired) electrons. The van der Waals surface area contributed by atoms with Crippen LogP contribution in [0.5, 0.6) is 5.75 Å². The molecule has 1 aliphatic rings. The molecule has 146 valence electrons. The summed E-state index contributed by atoms with van der Waals surface area (Å²) in [6.07, 6.45) is 0. The van der Waals surface area contributed by atoms with Crippen LogP contribution in [0.15, 0.2) is 29.2 Å². The standard InChI is InChI=1S/C17H25NO6S2/c1-17(2)15(16(19)23-4)18(9-10-24-11-12-25-17)26(20,21)14-7-5-13(22-3)6-8-14/h5-8,15H,9-12H2,1-4H3/t15-/m0/s1. The van der Waals surface area contributed by atoms with Crippen LogP contribution in [0.4, 0.5) is 0 Å². The van der Waals surface area contributed by atoms with E-state index in [9.17, 15) is 13.2 Å². The van der Waals surface area contributed by atoms with Crippen molar-refractivity contribution < 1.29 is 27.4 Å². The second kappa shape index (κ2) is 8.60. The van der Waals surface area contributed by atoms with Gasteiger partial charge >= 0.3 is 5.97 Å². The highest BCUT2D eigenvalue weighted by atomic mass is 32.2. The van der Waals surface area contributed by atoms with Crippen molar-refractivity contribution in [2.45, 2.75) is 29.5 Å². The Hall–Kier alpha value is -1.29. The quantitative estimate of drug-likeness (QED) is 0.709. The minimum Gasteiger partial charge on any atom is -0.497 e. The highest BCUT2D eigenvalue weighted by molar-refractivity contribution is 8.00. The van der Waals surface area contributed by atoms with Gasteiger partial charge < -0.3 is 14.2 Å². The van der Waals surface area contributed by atoms with E-state index in [1.165, 1.54) is 42.4 Å². The predicted octanol–water partition coefficient (Wildman–Crippen LogP) is 1.77. The van der Waals surface area contributed by atoms with Crippen molar-refractivity contribution in [3.8, 4) is 5.75 Å². The normalized spacial score (nSPS) is 21.9. The molecule has 0 aliphatic carbocycles. The zero-order chi connectivity index (χ0) is 19.4. The molecule has 1 saturated heterocycles. The highest BCUT2D eigenvalue weighted by Crippen LogP contribution is 2.35. The molecule has 1 atom stereocenters. The second-order valence-corrected chi connectivity index (χ2v) is 9.92. The van der Waals surface area contributed by atoms with Crippen LogP contribution in [0.1, 0.15) is 13.8 Å². The zero-order valence-corrected chi connectivity index (χ0v) is 17.1. The van der Waals surface area contributed by atoms with Gasteiger partial charge in [-0.15, -0.1) is 0 Å². The average Bonchev–Trinajstić information content (AvgIpc) is 2.69. The number of ether oxygens (including phenoxy) is 3. The summed E-state index contributed by atoms with van der Waals surface area (Å²) in [6.45, 7) is 4.47. The van der Waals surface area contributed by atoms with Gasteiger partial charge in [0.15, 0.2) is 0 Å². The van der Waals surface area contributed by atoms with E-state index in [1.807, 2.05) is 13.8 Å². The molecule has 0 unspecified atom stereocenters. The Morgan fingerprint density at radius 3 is 2.46 bits per heavy atom. The third-order valence-electron chi connectivity index (χ3n) is 4.19. The Balaban J connectivity index is 2.51. The first-order valence-electron chi connectivity index (χ1n) is 8.19. The van der Waals surface area contributed by atoms with E-state index in [4.69, 9.17) is 14.2 Å². The van der Waals surface area contributed by atoms with Crippen LogP contribution in [0.3, 0.4) is 0 Å². The molecule has 0 N–H and O–H groups in total. The lowest BCUT2D eigenvalue weighted by atomic mass is 10.0. The molecule has 26 heavy (non-hydrogen) atoms. The van der Waals surface area contributed by atoms with Crippen molar-refractivity contribution in [2.75, 3.05) is 39.7 Å². The maximum Gasteiger partial charge on any atom is 0.325 e. The third-order valence-corrected chi connectivity index (χ3v) is 7.41. The van der Waals surface area contributed by atoms with Gasteiger partial charge in [0.05, 0.1) is 32.3 Å². The van der Waals surface area contributed by atoms with Gasteiger partial charge in [0.1, 0.15) is 11.8 Å². The minimum atomic E-state index is -3.93. The second-order valence-electron chi connectivity index (χ2n) is 6.28. The Kier molecular flexibility index (Phi) is 6.95. The van der Waals surface area contributed by atoms with E-state index >= 15 is 0 Å². The molecule has 0 spiro atoms.